The summed E-state index contributed by atoms with van der Waals surface area (Å²) in [6.45, 7) is 4.00. The van der Waals surface area contributed by atoms with Crippen molar-refractivity contribution < 1.29 is 19.1 Å². The first-order chi connectivity index (χ1) is 21.0. The lowest BCUT2D eigenvalue weighted by atomic mass is 10.1. The molecule has 1 unspecified atom stereocenters. The third-order valence-electron chi connectivity index (χ3n) is 7.34. The molecule has 1 aromatic heterocycles. The molecule has 1 fully saturated rings. The van der Waals surface area contributed by atoms with Crippen molar-refractivity contribution in [2.75, 3.05) is 37.7 Å². The van der Waals surface area contributed by atoms with E-state index < -0.39 is 5.91 Å². The summed E-state index contributed by atoms with van der Waals surface area (Å²) in [5.74, 6) is -1.02. The highest BCUT2D eigenvalue weighted by atomic mass is 16.5. The number of anilines is 1. The molecule has 0 saturated carbocycles. The lowest BCUT2D eigenvalue weighted by Crippen LogP contribution is -2.58. The van der Waals surface area contributed by atoms with Crippen LogP contribution in [-0.4, -0.2) is 71.0 Å². The van der Waals surface area contributed by atoms with Gasteiger partial charge in [-0.3, -0.25) is 19.0 Å². The molecule has 43 heavy (non-hydrogen) atoms. The van der Waals surface area contributed by atoms with Crippen LogP contribution in [-0.2, 0) is 9.59 Å². The predicted octanol–water partition coefficient (Wildman–Crippen LogP) is 3.65. The molecule has 1 aliphatic rings. The van der Waals surface area contributed by atoms with Crippen molar-refractivity contribution in [2.45, 2.75) is 25.8 Å². The van der Waals surface area contributed by atoms with E-state index in [-0.39, 0.29) is 42.9 Å². The zero-order valence-electron chi connectivity index (χ0n) is 24.2. The van der Waals surface area contributed by atoms with Gasteiger partial charge in [-0.25, -0.2) is 0 Å². The van der Waals surface area contributed by atoms with E-state index in [2.05, 4.69) is 5.32 Å². The Morgan fingerprint density at radius 1 is 0.953 bits per heavy atom. The average Bonchev–Trinajstić information content (AvgIpc) is 3.43. The number of nitrogens with two attached hydrogens (primary N) is 1. The second kappa shape index (κ2) is 13.8. The number of primary amides is 1. The summed E-state index contributed by atoms with van der Waals surface area (Å²) in [4.78, 5) is 47.5. The van der Waals surface area contributed by atoms with Crippen LogP contribution in [0.15, 0.2) is 91.0 Å². The van der Waals surface area contributed by atoms with Gasteiger partial charge in [-0.15, -0.1) is 0 Å². The van der Waals surface area contributed by atoms with Gasteiger partial charge in [0.25, 0.3) is 5.91 Å². The molecule has 222 valence electrons. The molecule has 0 radical (unpaired) electrons. The Kier molecular flexibility index (Phi) is 9.48. The molecule has 0 bridgehead atoms. The molecule has 1 saturated heterocycles. The first-order valence-electron chi connectivity index (χ1n) is 14.5. The molecule has 3 N–H and O–H groups in total. The maximum atomic E-state index is 14.5. The number of ether oxygens (including phenoxy) is 1. The molecule has 0 spiro atoms. The largest absolute Gasteiger partial charge is 0.465 e. The van der Waals surface area contributed by atoms with E-state index in [0.29, 0.717) is 43.6 Å². The average molecular weight is 581 g/mol. The van der Waals surface area contributed by atoms with Crippen LogP contribution in [0, 0.1) is 0 Å². The van der Waals surface area contributed by atoms with E-state index >= 15 is 0 Å². The van der Waals surface area contributed by atoms with Crippen molar-refractivity contribution in [1.29, 1.82) is 0 Å². The van der Waals surface area contributed by atoms with Crippen LogP contribution in [0.1, 0.15) is 30.3 Å². The highest BCUT2D eigenvalue weighted by Crippen LogP contribution is 2.33. The minimum atomic E-state index is -0.537. The number of carbonyl (C=O) groups excluding carboxylic acids is 3. The van der Waals surface area contributed by atoms with Gasteiger partial charge in [-0.1, -0.05) is 66.7 Å². The lowest BCUT2D eigenvalue weighted by Gasteiger charge is -2.39. The maximum Gasteiger partial charge on any atom is 0.302 e. The topological polar surface area (TPSA) is 123 Å². The zero-order chi connectivity index (χ0) is 30.2. The molecule has 5 rings (SSSR count). The predicted molar refractivity (Wildman–Crippen MR) is 165 cm³/mol. The van der Waals surface area contributed by atoms with E-state index in [4.69, 9.17) is 15.5 Å². The van der Waals surface area contributed by atoms with Crippen molar-refractivity contribution in [3.05, 3.63) is 96.7 Å². The number of piperazine rings is 1. The summed E-state index contributed by atoms with van der Waals surface area (Å²) in [6, 6.07) is 28.6. The standard InChI is InChI=1S/C33H36N6O4/c1-2-43-33-36-30(31(24-12-6-3-7-13-24)39(33)26-16-10-5-11-17-26)32(42)37-21-20-35-22-27(37)23-38(25-14-8-4-9-15-25)29(41)19-18-28(34)40/h3-17,27,35H,2,18-23H2,1H3,(H2,34,40). The number of benzene rings is 3. The monoisotopic (exact) mass is 580 g/mol. The fourth-order valence-corrected chi connectivity index (χ4v) is 5.32. The number of nitrogens with zero attached hydrogens (tertiary/aromatic N) is 4. The van der Waals surface area contributed by atoms with Gasteiger partial charge in [0.15, 0.2) is 5.69 Å². The SMILES string of the molecule is CCOc1nc(C(=O)N2CCNCC2CN(C(=O)CCC(N)=O)c2ccccc2)c(-c2ccccc2)n1-c1ccccc1. The Bertz CT molecular complexity index is 1540. The van der Waals surface area contributed by atoms with Crippen LogP contribution < -0.4 is 20.7 Å². The van der Waals surface area contributed by atoms with E-state index in [1.54, 1.807) is 9.80 Å². The van der Waals surface area contributed by atoms with Crippen molar-refractivity contribution in [3.8, 4) is 23.0 Å². The van der Waals surface area contributed by atoms with Gasteiger partial charge in [0, 0.05) is 50.3 Å². The first kappa shape index (κ1) is 29.5. The highest BCUT2D eigenvalue weighted by Gasteiger charge is 2.35. The molecule has 3 aromatic carbocycles. The molecule has 10 nitrogen and oxygen atoms in total. The Morgan fingerprint density at radius 3 is 2.26 bits per heavy atom. The van der Waals surface area contributed by atoms with Gasteiger partial charge in [0.2, 0.25) is 11.8 Å². The van der Waals surface area contributed by atoms with Gasteiger partial charge in [0.05, 0.1) is 24.0 Å². The fraction of sp³-hybridized carbons (Fsp3) is 0.273. The number of rotatable bonds is 11. The van der Waals surface area contributed by atoms with Gasteiger partial charge in [-0.2, -0.15) is 4.98 Å². The Hall–Kier alpha value is -4.96. The highest BCUT2D eigenvalue weighted by molar-refractivity contribution is 6.00. The molecule has 0 aliphatic carbocycles. The maximum absolute atomic E-state index is 14.5. The van der Waals surface area contributed by atoms with E-state index in [1.807, 2.05) is 102 Å². The smallest absolute Gasteiger partial charge is 0.302 e. The lowest BCUT2D eigenvalue weighted by molar-refractivity contribution is -0.123. The Labute approximate surface area is 251 Å². The first-order valence-corrected chi connectivity index (χ1v) is 14.5. The van der Waals surface area contributed by atoms with Gasteiger partial charge >= 0.3 is 6.01 Å². The van der Waals surface area contributed by atoms with Crippen molar-refractivity contribution in [2.24, 2.45) is 5.73 Å². The molecule has 1 aliphatic heterocycles. The third kappa shape index (κ3) is 6.76. The fourth-order valence-electron chi connectivity index (χ4n) is 5.32. The van der Waals surface area contributed by atoms with E-state index in [0.717, 1.165) is 11.3 Å². The second-order valence-corrected chi connectivity index (χ2v) is 10.2. The summed E-state index contributed by atoms with van der Waals surface area (Å²) in [5.41, 5.74) is 8.58. The number of hydrogen-bond donors (Lipinski definition) is 2. The number of nitrogens with one attached hydrogen (secondary N) is 1. The number of imidazole rings is 1. The molecule has 4 aromatic rings. The van der Waals surface area contributed by atoms with Crippen LogP contribution in [0.2, 0.25) is 0 Å². The molecular weight excluding hydrogens is 544 g/mol. The Balaban J connectivity index is 1.55. The van der Waals surface area contributed by atoms with Crippen LogP contribution in [0.4, 0.5) is 5.69 Å². The second-order valence-electron chi connectivity index (χ2n) is 10.2. The van der Waals surface area contributed by atoms with Crippen LogP contribution >= 0.6 is 0 Å². The number of carbonyl (C=O) groups is 3. The van der Waals surface area contributed by atoms with Crippen molar-refractivity contribution in [3.63, 3.8) is 0 Å². The van der Waals surface area contributed by atoms with Crippen LogP contribution in [0.5, 0.6) is 6.01 Å². The van der Waals surface area contributed by atoms with Gasteiger partial charge in [-0.05, 0) is 31.2 Å². The van der Waals surface area contributed by atoms with Crippen LogP contribution in [0.3, 0.4) is 0 Å². The molecule has 10 heteroatoms. The van der Waals surface area contributed by atoms with Crippen molar-refractivity contribution in [1.82, 2.24) is 19.8 Å². The summed E-state index contributed by atoms with van der Waals surface area (Å²) in [6.07, 6.45) is -0.0685. The van der Waals surface area contributed by atoms with E-state index in [9.17, 15) is 14.4 Å². The number of hydrogen-bond acceptors (Lipinski definition) is 6. The minimum Gasteiger partial charge on any atom is -0.465 e. The minimum absolute atomic E-state index is 0.0182. The van der Waals surface area contributed by atoms with Gasteiger partial charge < -0.3 is 25.6 Å². The summed E-state index contributed by atoms with van der Waals surface area (Å²) >= 11 is 0. The van der Waals surface area contributed by atoms with Crippen LogP contribution in [0.25, 0.3) is 16.9 Å². The summed E-state index contributed by atoms with van der Waals surface area (Å²) in [5, 5.41) is 3.37. The molecule has 1 atom stereocenters. The summed E-state index contributed by atoms with van der Waals surface area (Å²) in [7, 11) is 0. The normalized spacial score (nSPS) is 14.7. The summed E-state index contributed by atoms with van der Waals surface area (Å²) < 4.78 is 7.86. The number of para-hydroxylation sites is 2. The molecule has 2 heterocycles. The quantitative estimate of drug-likeness (QED) is 0.279. The number of amides is 3. The van der Waals surface area contributed by atoms with Gasteiger partial charge in [0.1, 0.15) is 0 Å². The third-order valence-corrected chi connectivity index (χ3v) is 7.34. The van der Waals surface area contributed by atoms with Crippen molar-refractivity contribution >= 4 is 23.4 Å². The molecule has 3 amide bonds. The molecular formula is C33H36N6O4. The van der Waals surface area contributed by atoms with E-state index in [1.165, 1.54) is 0 Å². The zero-order valence-corrected chi connectivity index (χ0v) is 24.2. The number of aromatic nitrogens is 2. The Morgan fingerprint density at radius 2 is 1.60 bits per heavy atom.